The van der Waals surface area contributed by atoms with Crippen LogP contribution in [0.25, 0.3) is 0 Å². The van der Waals surface area contributed by atoms with Gasteiger partial charge in [-0.3, -0.25) is 9.83 Å². The maximum atomic E-state index is 11.7. The Labute approximate surface area is 145 Å². The smallest absolute Gasteiger partial charge is 0.296 e. The van der Waals surface area contributed by atoms with Gasteiger partial charge in [-0.05, 0) is 25.6 Å². The van der Waals surface area contributed by atoms with Gasteiger partial charge in [0.05, 0.1) is 4.75 Å². The summed E-state index contributed by atoms with van der Waals surface area (Å²) >= 11 is 20.3. The number of amides is 1. The lowest BCUT2D eigenvalue weighted by Crippen LogP contribution is -2.25. The summed E-state index contributed by atoms with van der Waals surface area (Å²) < 4.78 is 0.000767. The fraction of sp³-hybridized carbons (Fsp3) is 0.667. The first kappa shape index (κ1) is 18.6. The zero-order valence-electron chi connectivity index (χ0n) is 11.0. The lowest BCUT2D eigenvalue weighted by molar-refractivity contribution is 0.137. The van der Waals surface area contributed by atoms with Crippen molar-refractivity contribution in [3.63, 3.8) is 0 Å². The number of aliphatic imine (C=N–C) groups is 1. The van der Waals surface area contributed by atoms with E-state index in [4.69, 9.17) is 39.6 Å². The fourth-order valence-electron chi connectivity index (χ4n) is 1.04. The highest BCUT2D eigenvalue weighted by molar-refractivity contribution is 8.50. The molecule has 0 N–H and O–H groups in total. The average molecular weight is 397 g/mol. The SMILES string of the molecule is CN=C1SC(=NOC(=O)N(C)SC(Cl)(Cl)Cl)C(C)(C)S1. The minimum absolute atomic E-state index is 0.291. The van der Waals surface area contributed by atoms with E-state index >= 15 is 0 Å². The largest absolute Gasteiger partial charge is 0.445 e. The molecule has 1 rings (SSSR count). The van der Waals surface area contributed by atoms with Gasteiger partial charge >= 0.3 is 6.09 Å². The van der Waals surface area contributed by atoms with Crippen molar-refractivity contribution in [2.75, 3.05) is 14.1 Å². The summed E-state index contributed by atoms with van der Waals surface area (Å²) in [5, 5.41) is 4.53. The van der Waals surface area contributed by atoms with Crippen LogP contribution >= 0.6 is 70.3 Å². The molecule has 0 unspecified atom stereocenters. The number of hydrogen-bond acceptors (Lipinski definition) is 7. The lowest BCUT2D eigenvalue weighted by Gasteiger charge is -2.18. The van der Waals surface area contributed by atoms with Crippen LogP contribution in [0.3, 0.4) is 0 Å². The van der Waals surface area contributed by atoms with E-state index in [9.17, 15) is 4.79 Å². The highest BCUT2D eigenvalue weighted by atomic mass is 35.6. The molecule has 0 atom stereocenters. The predicted molar refractivity (Wildman–Crippen MR) is 92.2 cm³/mol. The normalized spacial score (nSPS) is 22.4. The molecule has 1 aliphatic heterocycles. The van der Waals surface area contributed by atoms with Gasteiger partial charge in [0.2, 0.25) is 0 Å². The van der Waals surface area contributed by atoms with Crippen LogP contribution in [0.1, 0.15) is 13.8 Å². The van der Waals surface area contributed by atoms with Gasteiger partial charge in [-0.1, -0.05) is 51.7 Å². The first-order valence-corrected chi connectivity index (χ1v) is 8.72. The number of hydrogen-bond donors (Lipinski definition) is 0. The number of thioether (sulfide) groups is 2. The third-order valence-corrected chi connectivity index (χ3v) is 6.00. The average Bonchev–Trinajstić information content (AvgIpc) is 2.58. The highest BCUT2D eigenvalue weighted by Gasteiger charge is 2.38. The van der Waals surface area contributed by atoms with Gasteiger partial charge in [-0.15, -0.1) is 0 Å². The van der Waals surface area contributed by atoms with Crippen LogP contribution in [0.5, 0.6) is 0 Å². The topological polar surface area (TPSA) is 54.3 Å². The van der Waals surface area contributed by atoms with Gasteiger partial charge in [0.15, 0.2) is 0 Å². The predicted octanol–water partition coefficient (Wildman–Crippen LogP) is 4.59. The van der Waals surface area contributed by atoms with Crippen LogP contribution in [0.2, 0.25) is 0 Å². The van der Waals surface area contributed by atoms with E-state index in [0.717, 1.165) is 8.68 Å². The van der Waals surface area contributed by atoms with Gasteiger partial charge < -0.3 is 0 Å². The minimum Gasteiger partial charge on any atom is -0.296 e. The molecule has 1 fully saturated rings. The molecule has 11 heteroatoms. The third-order valence-electron chi connectivity index (χ3n) is 1.93. The number of rotatable bonds is 2. The van der Waals surface area contributed by atoms with Crippen LogP contribution < -0.4 is 0 Å². The van der Waals surface area contributed by atoms with E-state index in [-0.39, 0.29) is 4.75 Å². The molecule has 0 aliphatic carbocycles. The second-order valence-electron chi connectivity index (χ2n) is 3.99. The summed E-state index contributed by atoms with van der Waals surface area (Å²) in [4.78, 5) is 20.6. The van der Waals surface area contributed by atoms with Gasteiger partial charge in [0.25, 0.3) is 3.12 Å². The van der Waals surface area contributed by atoms with E-state index in [1.54, 1.807) is 18.8 Å². The molecule has 1 amide bonds. The zero-order chi connectivity index (χ0) is 15.6. The van der Waals surface area contributed by atoms with E-state index < -0.39 is 9.22 Å². The molecule has 0 spiro atoms. The Hall–Kier alpha value is 0.530. The molecule has 5 nitrogen and oxygen atoms in total. The standard InChI is InChI=1S/C9H12Cl3N3O2S3/c1-8(2)5(18-6(13-3)19-8)14-17-7(16)15(4)20-9(10,11)12/h1-4H3. The summed E-state index contributed by atoms with van der Waals surface area (Å²) in [5.74, 6) is 0. The van der Waals surface area contributed by atoms with Gasteiger partial charge in [-0.2, -0.15) is 0 Å². The quantitative estimate of drug-likeness (QED) is 0.296. The van der Waals surface area contributed by atoms with Crippen LogP contribution in [0, 0.1) is 0 Å². The zero-order valence-corrected chi connectivity index (χ0v) is 15.7. The van der Waals surface area contributed by atoms with Crippen molar-refractivity contribution >= 4 is 85.8 Å². The number of oxime groups is 1. The first-order chi connectivity index (χ1) is 9.05. The molecular formula is C9H12Cl3N3O2S3. The molecule has 0 bridgehead atoms. The van der Waals surface area contributed by atoms with Gasteiger partial charge in [0.1, 0.15) is 9.42 Å². The van der Waals surface area contributed by atoms with Gasteiger partial charge in [0, 0.05) is 26.0 Å². The van der Waals surface area contributed by atoms with Crippen molar-refractivity contribution in [3.05, 3.63) is 0 Å². The number of carbonyl (C=O) groups excluding carboxylic acids is 1. The van der Waals surface area contributed by atoms with E-state index in [0.29, 0.717) is 17.0 Å². The molecule has 1 heterocycles. The molecular weight excluding hydrogens is 385 g/mol. The molecule has 0 radical (unpaired) electrons. The Morgan fingerprint density at radius 3 is 2.50 bits per heavy atom. The Bertz CT molecular complexity index is 451. The maximum Gasteiger partial charge on any atom is 0.445 e. The van der Waals surface area contributed by atoms with Crippen molar-refractivity contribution in [1.29, 1.82) is 0 Å². The number of halogens is 3. The van der Waals surface area contributed by atoms with E-state index in [1.165, 1.54) is 18.8 Å². The third kappa shape index (κ3) is 5.73. The number of nitrogens with zero attached hydrogens (tertiary/aromatic N) is 3. The lowest BCUT2D eigenvalue weighted by atomic mass is 10.2. The molecule has 0 aromatic rings. The minimum atomic E-state index is -1.64. The van der Waals surface area contributed by atoms with E-state index in [1.807, 2.05) is 13.8 Å². The van der Waals surface area contributed by atoms with Crippen LogP contribution in [-0.2, 0) is 4.84 Å². The Kier molecular flexibility index (Phi) is 6.68. The number of alkyl halides is 3. The van der Waals surface area contributed by atoms with Crippen LogP contribution in [-0.4, -0.2) is 41.8 Å². The van der Waals surface area contributed by atoms with Crippen molar-refractivity contribution in [2.45, 2.75) is 21.7 Å². The highest BCUT2D eigenvalue weighted by Crippen LogP contribution is 2.44. The Morgan fingerprint density at radius 1 is 1.45 bits per heavy atom. The van der Waals surface area contributed by atoms with Crippen molar-refractivity contribution in [3.8, 4) is 0 Å². The summed E-state index contributed by atoms with van der Waals surface area (Å²) in [7, 11) is 3.13. The number of carbonyl (C=O) groups is 1. The maximum absolute atomic E-state index is 11.7. The molecule has 20 heavy (non-hydrogen) atoms. The van der Waals surface area contributed by atoms with Crippen molar-refractivity contribution < 1.29 is 9.63 Å². The molecule has 1 saturated heterocycles. The van der Waals surface area contributed by atoms with Gasteiger partial charge in [-0.25, -0.2) is 9.10 Å². The molecule has 0 aromatic heterocycles. The summed E-state index contributed by atoms with van der Waals surface area (Å²) in [6.45, 7) is 3.94. The summed E-state index contributed by atoms with van der Waals surface area (Å²) in [6.07, 6.45) is -0.725. The Balaban J connectivity index is 2.66. The monoisotopic (exact) mass is 395 g/mol. The fourth-order valence-corrected chi connectivity index (χ4v) is 4.90. The Morgan fingerprint density at radius 2 is 2.05 bits per heavy atom. The summed E-state index contributed by atoms with van der Waals surface area (Å²) in [6, 6.07) is 0. The van der Waals surface area contributed by atoms with Crippen LogP contribution in [0.4, 0.5) is 4.79 Å². The van der Waals surface area contributed by atoms with Crippen molar-refractivity contribution in [2.24, 2.45) is 10.1 Å². The molecule has 1 aliphatic rings. The first-order valence-electron chi connectivity index (χ1n) is 5.18. The molecule has 114 valence electrons. The summed E-state index contributed by atoms with van der Waals surface area (Å²) in [5.41, 5.74) is 0. The van der Waals surface area contributed by atoms with Crippen LogP contribution in [0.15, 0.2) is 10.1 Å². The second-order valence-corrected chi connectivity index (χ2v) is 11.1. The van der Waals surface area contributed by atoms with E-state index in [2.05, 4.69) is 10.1 Å². The molecule has 0 aromatic carbocycles. The molecule has 0 saturated carbocycles. The van der Waals surface area contributed by atoms with Crippen molar-refractivity contribution in [1.82, 2.24) is 4.31 Å². The second kappa shape index (κ2) is 7.19.